The number of hydrogen-bond donors (Lipinski definition) is 1. The first kappa shape index (κ1) is 17.5. The lowest BCUT2D eigenvalue weighted by atomic mass is 10.2. The molecule has 0 radical (unpaired) electrons. The molecule has 2 fully saturated rings. The van der Waals surface area contributed by atoms with E-state index in [-0.39, 0.29) is 23.8 Å². The standard InChI is InChI=1S/C17H21Cl2N3O2/c1-11(16(23)20-14-4-2-3-13(18)15(14)19)21-7-9-22(10-8-21)17(24)12-5-6-12/h2-4,11-12H,5-10H2,1H3,(H,20,23). The molecule has 0 aromatic heterocycles. The van der Waals surface area contributed by atoms with Gasteiger partial charge in [-0.15, -0.1) is 0 Å². The van der Waals surface area contributed by atoms with Crippen LogP contribution in [-0.4, -0.2) is 53.8 Å². The Kier molecular flexibility index (Phi) is 5.33. The number of nitrogens with one attached hydrogen (secondary N) is 1. The normalized spacial score (nSPS) is 19.9. The molecule has 7 heteroatoms. The number of carbonyl (C=O) groups excluding carboxylic acids is 2. The molecular formula is C17H21Cl2N3O2. The van der Waals surface area contributed by atoms with Gasteiger partial charge in [-0.3, -0.25) is 14.5 Å². The minimum Gasteiger partial charge on any atom is -0.340 e. The van der Waals surface area contributed by atoms with E-state index in [0.717, 1.165) is 12.8 Å². The maximum Gasteiger partial charge on any atom is 0.241 e. The molecule has 1 unspecified atom stereocenters. The molecule has 0 spiro atoms. The van der Waals surface area contributed by atoms with Gasteiger partial charge < -0.3 is 10.2 Å². The maximum atomic E-state index is 12.5. The van der Waals surface area contributed by atoms with Gasteiger partial charge in [-0.2, -0.15) is 0 Å². The monoisotopic (exact) mass is 369 g/mol. The molecule has 2 aliphatic rings. The van der Waals surface area contributed by atoms with E-state index in [0.29, 0.717) is 41.9 Å². The molecule has 24 heavy (non-hydrogen) atoms. The summed E-state index contributed by atoms with van der Waals surface area (Å²) in [6.45, 7) is 4.65. The van der Waals surface area contributed by atoms with E-state index in [1.54, 1.807) is 18.2 Å². The first-order chi connectivity index (χ1) is 11.5. The van der Waals surface area contributed by atoms with Crippen molar-refractivity contribution in [3.05, 3.63) is 28.2 Å². The number of carbonyl (C=O) groups is 2. The number of piperazine rings is 1. The molecule has 1 saturated heterocycles. The van der Waals surface area contributed by atoms with Crippen molar-refractivity contribution in [3.8, 4) is 0 Å². The number of anilines is 1. The van der Waals surface area contributed by atoms with Crippen LogP contribution in [-0.2, 0) is 9.59 Å². The highest BCUT2D eigenvalue weighted by Crippen LogP contribution is 2.31. The minimum absolute atomic E-state index is 0.124. The van der Waals surface area contributed by atoms with Crippen molar-refractivity contribution < 1.29 is 9.59 Å². The summed E-state index contributed by atoms with van der Waals surface area (Å²) in [5, 5.41) is 3.59. The molecule has 1 aromatic carbocycles. The van der Waals surface area contributed by atoms with Crippen LogP contribution < -0.4 is 5.32 Å². The molecule has 130 valence electrons. The Bertz CT molecular complexity index is 641. The molecule has 1 aromatic rings. The number of nitrogens with zero attached hydrogens (tertiary/aromatic N) is 2. The Morgan fingerprint density at radius 3 is 2.46 bits per heavy atom. The topological polar surface area (TPSA) is 52.7 Å². The van der Waals surface area contributed by atoms with Gasteiger partial charge >= 0.3 is 0 Å². The predicted molar refractivity (Wildman–Crippen MR) is 95.4 cm³/mol. The van der Waals surface area contributed by atoms with E-state index in [9.17, 15) is 9.59 Å². The summed E-state index contributed by atoms with van der Waals surface area (Å²) in [5.41, 5.74) is 0.517. The first-order valence-electron chi connectivity index (χ1n) is 8.25. The summed E-state index contributed by atoms with van der Waals surface area (Å²) in [7, 11) is 0. The average molecular weight is 370 g/mol. The third-order valence-electron chi connectivity index (χ3n) is 4.69. The Morgan fingerprint density at radius 2 is 1.83 bits per heavy atom. The van der Waals surface area contributed by atoms with Gasteiger partial charge in [0, 0.05) is 32.1 Å². The Hall–Kier alpha value is -1.30. The fraction of sp³-hybridized carbons (Fsp3) is 0.529. The molecule has 3 rings (SSSR count). The van der Waals surface area contributed by atoms with Crippen LogP contribution in [0.5, 0.6) is 0 Å². The zero-order chi connectivity index (χ0) is 17.3. The van der Waals surface area contributed by atoms with Crippen LogP contribution in [0.2, 0.25) is 10.0 Å². The van der Waals surface area contributed by atoms with Crippen LogP contribution >= 0.6 is 23.2 Å². The van der Waals surface area contributed by atoms with Crippen LogP contribution in [0.15, 0.2) is 18.2 Å². The fourth-order valence-corrected chi connectivity index (χ4v) is 3.27. The van der Waals surface area contributed by atoms with Crippen molar-refractivity contribution in [2.45, 2.75) is 25.8 Å². The van der Waals surface area contributed by atoms with E-state index in [2.05, 4.69) is 10.2 Å². The quantitative estimate of drug-likeness (QED) is 0.887. The van der Waals surface area contributed by atoms with E-state index >= 15 is 0 Å². The van der Waals surface area contributed by atoms with Gasteiger partial charge in [0.25, 0.3) is 0 Å². The second-order valence-corrected chi connectivity index (χ2v) is 7.19. The summed E-state index contributed by atoms with van der Waals surface area (Å²) in [4.78, 5) is 28.6. The summed E-state index contributed by atoms with van der Waals surface area (Å²) in [6, 6.07) is 4.86. The second-order valence-electron chi connectivity index (χ2n) is 6.40. The lowest BCUT2D eigenvalue weighted by Crippen LogP contribution is -2.54. The molecule has 0 bridgehead atoms. The van der Waals surface area contributed by atoms with E-state index in [4.69, 9.17) is 23.2 Å². The molecule has 2 amide bonds. The third-order valence-corrected chi connectivity index (χ3v) is 5.51. The summed E-state index contributed by atoms with van der Waals surface area (Å²) >= 11 is 12.1. The average Bonchev–Trinajstić information content (AvgIpc) is 3.43. The van der Waals surface area contributed by atoms with Crippen LogP contribution in [0.25, 0.3) is 0 Å². The highest BCUT2D eigenvalue weighted by molar-refractivity contribution is 6.44. The summed E-state index contributed by atoms with van der Waals surface area (Å²) in [6.07, 6.45) is 2.05. The zero-order valence-corrected chi connectivity index (χ0v) is 15.1. The van der Waals surface area contributed by atoms with E-state index in [1.165, 1.54) is 0 Å². The number of hydrogen-bond acceptors (Lipinski definition) is 3. The molecule has 1 heterocycles. The summed E-state index contributed by atoms with van der Waals surface area (Å²) < 4.78 is 0. The van der Waals surface area contributed by atoms with Gasteiger partial charge in [-0.05, 0) is 31.9 Å². The van der Waals surface area contributed by atoms with Gasteiger partial charge in [0.15, 0.2) is 0 Å². The number of amides is 2. The van der Waals surface area contributed by atoms with Gasteiger partial charge in [-0.1, -0.05) is 29.3 Å². The largest absolute Gasteiger partial charge is 0.340 e. The van der Waals surface area contributed by atoms with Crippen molar-refractivity contribution in [2.24, 2.45) is 5.92 Å². The van der Waals surface area contributed by atoms with Gasteiger partial charge in [0.1, 0.15) is 0 Å². The van der Waals surface area contributed by atoms with Crippen LogP contribution in [0.3, 0.4) is 0 Å². The van der Waals surface area contributed by atoms with Crippen LogP contribution in [0.4, 0.5) is 5.69 Å². The van der Waals surface area contributed by atoms with Crippen molar-refractivity contribution in [1.29, 1.82) is 0 Å². The van der Waals surface area contributed by atoms with Crippen molar-refractivity contribution in [3.63, 3.8) is 0 Å². The van der Waals surface area contributed by atoms with Gasteiger partial charge in [0.05, 0.1) is 21.8 Å². The maximum absolute atomic E-state index is 12.5. The molecule has 1 saturated carbocycles. The number of rotatable bonds is 4. The first-order valence-corrected chi connectivity index (χ1v) is 9.00. The zero-order valence-electron chi connectivity index (χ0n) is 13.6. The molecule has 1 N–H and O–H groups in total. The van der Waals surface area contributed by atoms with Gasteiger partial charge in [-0.25, -0.2) is 0 Å². The van der Waals surface area contributed by atoms with Crippen LogP contribution in [0, 0.1) is 5.92 Å². The number of benzene rings is 1. The van der Waals surface area contributed by atoms with Crippen LogP contribution in [0.1, 0.15) is 19.8 Å². The predicted octanol–water partition coefficient (Wildman–Crippen LogP) is 2.87. The minimum atomic E-state index is -0.293. The molecule has 5 nitrogen and oxygen atoms in total. The number of halogens is 2. The van der Waals surface area contributed by atoms with E-state index in [1.807, 2.05) is 11.8 Å². The molecule has 1 aliphatic carbocycles. The lowest BCUT2D eigenvalue weighted by Gasteiger charge is -2.37. The highest BCUT2D eigenvalue weighted by Gasteiger charge is 2.35. The Labute approximate surface area is 151 Å². The second kappa shape index (κ2) is 7.30. The highest BCUT2D eigenvalue weighted by atomic mass is 35.5. The lowest BCUT2D eigenvalue weighted by molar-refractivity contribution is -0.135. The smallest absolute Gasteiger partial charge is 0.241 e. The van der Waals surface area contributed by atoms with Crippen molar-refractivity contribution in [2.75, 3.05) is 31.5 Å². The Morgan fingerprint density at radius 1 is 1.17 bits per heavy atom. The van der Waals surface area contributed by atoms with Crippen molar-refractivity contribution >= 4 is 40.7 Å². The third kappa shape index (κ3) is 3.85. The molecular weight excluding hydrogens is 349 g/mol. The Balaban J connectivity index is 1.54. The SMILES string of the molecule is CC(C(=O)Nc1cccc(Cl)c1Cl)N1CCN(C(=O)C2CC2)CC1. The molecule has 1 atom stereocenters. The molecule has 1 aliphatic heterocycles. The van der Waals surface area contributed by atoms with E-state index < -0.39 is 0 Å². The van der Waals surface area contributed by atoms with Gasteiger partial charge in [0.2, 0.25) is 11.8 Å². The van der Waals surface area contributed by atoms with Crippen molar-refractivity contribution in [1.82, 2.24) is 9.80 Å². The summed E-state index contributed by atoms with van der Waals surface area (Å²) in [5.74, 6) is 0.404. The fourth-order valence-electron chi connectivity index (χ4n) is 2.92.